The van der Waals surface area contributed by atoms with E-state index < -0.39 is 10.0 Å². The van der Waals surface area contributed by atoms with Crippen LogP contribution in [0.5, 0.6) is 0 Å². The van der Waals surface area contributed by atoms with Crippen molar-refractivity contribution < 1.29 is 8.42 Å². The molecule has 0 saturated heterocycles. The number of thiophene rings is 1. The number of hydrogen-bond donors (Lipinski definition) is 1. The standard InChI is InChI=1S/C14H19ClN2O3S2/c15-11-4-5-12(21-11)22(19,20)17-13-10-3-1-2-7-14(13,8-6-10)9-16-18/h4-5,10,13,17H,1-3,6-9H2. The molecule has 0 radical (unpaired) electrons. The van der Waals surface area contributed by atoms with Gasteiger partial charge in [0.2, 0.25) is 10.0 Å². The zero-order chi connectivity index (χ0) is 15.8. The molecule has 2 aliphatic carbocycles. The van der Waals surface area contributed by atoms with Gasteiger partial charge >= 0.3 is 0 Å². The van der Waals surface area contributed by atoms with E-state index >= 15 is 0 Å². The van der Waals surface area contributed by atoms with Crippen molar-refractivity contribution in [2.75, 3.05) is 6.54 Å². The van der Waals surface area contributed by atoms with Crippen LogP contribution in [0.2, 0.25) is 4.34 Å². The average Bonchev–Trinajstić information content (AvgIpc) is 2.96. The normalized spacial score (nSPS) is 31.9. The Morgan fingerprint density at radius 2 is 2.14 bits per heavy atom. The molecule has 0 aromatic carbocycles. The fourth-order valence-electron chi connectivity index (χ4n) is 4.04. The summed E-state index contributed by atoms with van der Waals surface area (Å²) in [5.74, 6) is 0.300. The van der Waals surface area contributed by atoms with Crippen LogP contribution in [0, 0.1) is 16.2 Å². The second-order valence-electron chi connectivity index (χ2n) is 6.35. The maximum absolute atomic E-state index is 12.6. The third kappa shape index (κ3) is 2.96. The lowest BCUT2D eigenvalue weighted by atomic mass is 9.78. The Balaban J connectivity index is 1.90. The molecule has 2 fully saturated rings. The van der Waals surface area contributed by atoms with Crippen LogP contribution in [0.4, 0.5) is 0 Å². The van der Waals surface area contributed by atoms with E-state index in [2.05, 4.69) is 9.90 Å². The van der Waals surface area contributed by atoms with Gasteiger partial charge < -0.3 is 0 Å². The maximum atomic E-state index is 12.6. The first-order valence-electron chi connectivity index (χ1n) is 7.54. The summed E-state index contributed by atoms with van der Waals surface area (Å²) >= 11 is 6.91. The number of sulfonamides is 1. The van der Waals surface area contributed by atoms with E-state index in [1.54, 1.807) is 6.07 Å². The van der Waals surface area contributed by atoms with E-state index in [0.717, 1.165) is 49.9 Å². The fourth-order valence-corrected chi connectivity index (χ4v) is 6.95. The molecule has 3 atom stereocenters. The number of nitrogens with zero attached hydrogens (tertiary/aromatic N) is 1. The largest absolute Gasteiger partial charge is 0.250 e. The van der Waals surface area contributed by atoms with E-state index in [-0.39, 0.29) is 22.2 Å². The molecule has 5 nitrogen and oxygen atoms in total. The zero-order valence-electron chi connectivity index (χ0n) is 12.1. The second kappa shape index (κ2) is 6.19. The molecule has 1 aromatic rings. The van der Waals surface area contributed by atoms with Gasteiger partial charge in [-0.05, 0) is 43.7 Å². The van der Waals surface area contributed by atoms with Crippen LogP contribution in [-0.2, 0) is 10.0 Å². The van der Waals surface area contributed by atoms with E-state index in [1.807, 2.05) is 0 Å². The second-order valence-corrected chi connectivity index (χ2v) is 10.0. The molecule has 0 amide bonds. The van der Waals surface area contributed by atoms with E-state index in [0.29, 0.717) is 10.3 Å². The zero-order valence-corrected chi connectivity index (χ0v) is 14.5. The Labute approximate surface area is 139 Å². The molecule has 3 unspecified atom stereocenters. The Bertz CT molecular complexity index is 661. The Morgan fingerprint density at radius 1 is 1.32 bits per heavy atom. The van der Waals surface area contributed by atoms with E-state index in [9.17, 15) is 13.3 Å². The Hall–Kier alpha value is -0.500. The smallest absolute Gasteiger partial charge is 0.206 e. The highest BCUT2D eigenvalue weighted by Crippen LogP contribution is 2.50. The van der Waals surface area contributed by atoms with Crippen molar-refractivity contribution in [1.82, 2.24) is 4.72 Å². The first-order valence-corrected chi connectivity index (χ1v) is 10.2. The van der Waals surface area contributed by atoms with Gasteiger partial charge in [0.25, 0.3) is 0 Å². The quantitative estimate of drug-likeness (QED) is 0.809. The molecular weight excluding hydrogens is 344 g/mol. The molecule has 2 bridgehead atoms. The van der Waals surface area contributed by atoms with Gasteiger partial charge in [-0.25, -0.2) is 13.1 Å². The number of rotatable bonds is 5. The lowest BCUT2D eigenvalue weighted by Gasteiger charge is -2.34. The summed E-state index contributed by atoms with van der Waals surface area (Å²) in [5.41, 5.74) is -0.308. The highest BCUT2D eigenvalue weighted by Gasteiger charge is 2.51. The van der Waals surface area contributed by atoms with Crippen molar-refractivity contribution >= 4 is 33.0 Å². The fraction of sp³-hybridized carbons (Fsp3) is 0.714. The number of halogens is 1. The van der Waals surface area contributed by atoms with E-state index in [1.165, 1.54) is 6.07 Å². The number of hydrogen-bond acceptors (Lipinski definition) is 5. The summed E-state index contributed by atoms with van der Waals surface area (Å²) in [7, 11) is -3.60. The highest BCUT2D eigenvalue weighted by molar-refractivity contribution is 7.91. The third-order valence-electron chi connectivity index (χ3n) is 5.12. The molecule has 1 N–H and O–H groups in total. The van der Waals surface area contributed by atoms with Gasteiger partial charge in [0.1, 0.15) is 4.21 Å². The highest BCUT2D eigenvalue weighted by atomic mass is 35.5. The molecule has 2 aliphatic rings. The van der Waals surface area contributed by atoms with Gasteiger partial charge in [0, 0.05) is 11.5 Å². The molecule has 3 rings (SSSR count). The van der Waals surface area contributed by atoms with Crippen molar-refractivity contribution in [3.63, 3.8) is 0 Å². The maximum Gasteiger partial charge on any atom is 0.250 e. The summed E-state index contributed by atoms with van der Waals surface area (Å²) in [6, 6.07) is 2.92. The van der Waals surface area contributed by atoms with Crippen molar-refractivity contribution in [2.24, 2.45) is 16.5 Å². The first-order chi connectivity index (χ1) is 10.5. The molecule has 0 aliphatic heterocycles. The first kappa shape index (κ1) is 16.4. The number of nitrogens with one attached hydrogen (secondary N) is 1. The predicted molar refractivity (Wildman–Crippen MR) is 87.7 cm³/mol. The number of nitroso groups, excluding NO2 is 1. The number of fused-ring (bicyclic) bond motifs is 2. The monoisotopic (exact) mass is 362 g/mol. The lowest BCUT2D eigenvalue weighted by molar-refractivity contribution is 0.226. The molecule has 8 heteroatoms. The lowest BCUT2D eigenvalue weighted by Crippen LogP contribution is -2.48. The summed E-state index contributed by atoms with van der Waals surface area (Å²) < 4.78 is 28.8. The summed E-state index contributed by atoms with van der Waals surface area (Å²) in [4.78, 5) is 10.9. The van der Waals surface area contributed by atoms with Crippen LogP contribution in [0.25, 0.3) is 0 Å². The van der Waals surface area contributed by atoms with E-state index in [4.69, 9.17) is 11.6 Å². The van der Waals surface area contributed by atoms with Crippen LogP contribution in [0.15, 0.2) is 21.5 Å². The van der Waals surface area contributed by atoms with Crippen LogP contribution in [0.1, 0.15) is 38.5 Å². The Morgan fingerprint density at radius 3 is 2.82 bits per heavy atom. The Kier molecular flexibility index (Phi) is 4.60. The molecular formula is C14H19ClN2O3S2. The van der Waals surface area contributed by atoms with Crippen LogP contribution in [-0.4, -0.2) is 21.0 Å². The van der Waals surface area contributed by atoms with Gasteiger partial charge in [-0.15, -0.1) is 11.3 Å². The molecule has 122 valence electrons. The van der Waals surface area contributed by atoms with Crippen LogP contribution >= 0.6 is 22.9 Å². The van der Waals surface area contributed by atoms with Gasteiger partial charge in [-0.3, -0.25) is 0 Å². The minimum absolute atomic E-state index is 0.196. The summed E-state index contributed by atoms with van der Waals surface area (Å²) in [5, 5.41) is 3.12. The van der Waals surface area contributed by atoms with Gasteiger partial charge in [-0.2, -0.15) is 4.91 Å². The third-order valence-corrected chi connectivity index (χ3v) is 8.28. The van der Waals surface area contributed by atoms with Gasteiger partial charge in [0.15, 0.2) is 0 Å². The van der Waals surface area contributed by atoms with Gasteiger partial charge in [-0.1, -0.05) is 29.6 Å². The van der Waals surface area contributed by atoms with Crippen molar-refractivity contribution in [3.05, 3.63) is 21.4 Å². The van der Waals surface area contributed by atoms with Gasteiger partial charge in [0.05, 0.1) is 10.9 Å². The molecule has 2 saturated carbocycles. The van der Waals surface area contributed by atoms with Crippen molar-refractivity contribution in [1.29, 1.82) is 0 Å². The summed E-state index contributed by atoms with van der Waals surface area (Å²) in [6.07, 6.45) is 5.85. The predicted octanol–water partition coefficient (Wildman–Crippen LogP) is 3.79. The molecule has 0 spiro atoms. The van der Waals surface area contributed by atoms with Crippen molar-refractivity contribution in [2.45, 2.75) is 48.8 Å². The molecule has 1 heterocycles. The summed E-state index contributed by atoms with van der Waals surface area (Å²) in [6.45, 7) is 0.196. The van der Waals surface area contributed by atoms with Crippen molar-refractivity contribution in [3.8, 4) is 0 Å². The molecule has 1 aromatic heterocycles. The van der Waals surface area contributed by atoms with Crippen LogP contribution in [0.3, 0.4) is 0 Å². The van der Waals surface area contributed by atoms with Crippen LogP contribution < -0.4 is 4.72 Å². The topological polar surface area (TPSA) is 75.6 Å². The minimum atomic E-state index is -3.60. The SMILES string of the molecule is O=NCC12CCCCC(CC1)C2NS(=O)(=O)c1ccc(Cl)s1. The minimum Gasteiger partial charge on any atom is -0.206 e. The average molecular weight is 363 g/mol. The molecule has 22 heavy (non-hydrogen) atoms.